The van der Waals surface area contributed by atoms with E-state index in [1.807, 2.05) is 0 Å². The molecule has 0 heterocycles. The quantitative estimate of drug-likeness (QED) is 0.586. The Bertz CT molecular complexity index is 80.7. The lowest BCUT2D eigenvalue weighted by molar-refractivity contribution is 0.280. The van der Waals surface area contributed by atoms with Crippen LogP contribution in [-0.4, -0.2) is 5.75 Å². The van der Waals surface area contributed by atoms with Gasteiger partial charge in [-0.15, -0.1) is 0 Å². The van der Waals surface area contributed by atoms with Gasteiger partial charge in [-0.05, 0) is 30.4 Å². The predicted octanol–water partition coefficient (Wildman–Crippen LogP) is 3.13. The second kappa shape index (κ2) is 4.27. The smallest absolute Gasteiger partial charge is 0.00694 e. The Labute approximate surface area is 69.8 Å². The summed E-state index contributed by atoms with van der Waals surface area (Å²) in [6, 6.07) is 0. The largest absolute Gasteiger partial charge is 0.179 e. The summed E-state index contributed by atoms with van der Waals surface area (Å²) in [7, 11) is 0. The van der Waals surface area contributed by atoms with Gasteiger partial charge in [0.15, 0.2) is 0 Å². The lowest BCUT2D eigenvalue weighted by Crippen LogP contribution is -2.15. The maximum Gasteiger partial charge on any atom is -0.00694 e. The summed E-state index contributed by atoms with van der Waals surface area (Å²) in [5.74, 6) is 3.06. The van der Waals surface area contributed by atoms with Crippen LogP contribution >= 0.6 is 12.6 Å². The van der Waals surface area contributed by atoms with Gasteiger partial charge in [0.2, 0.25) is 0 Å². The van der Waals surface area contributed by atoms with Gasteiger partial charge >= 0.3 is 0 Å². The van der Waals surface area contributed by atoms with E-state index < -0.39 is 0 Å². The maximum absolute atomic E-state index is 4.34. The van der Waals surface area contributed by atoms with Crippen molar-refractivity contribution in [3.8, 4) is 0 Å². The highest BCUT2D eigenvalue weighted by Crippen LogP contribution is 2.31. The number of hydrogen-bond donors (Lipinski definition) is 1. The topological polar surface area (TPSA) is 0 Å². The van der Waals surface area contributed by atoms with Crippen LogP contribution in [0.1, 0.15) is 39.0 Å². The molecule has 0 aliphatic heterocycles. The van der Waals surface area contributed by atoms with Gasteiger partial charge in [-0.25, -0.2) is 0 Å². The summed E-state index contributed by atoms with van der Waals surface area (Å²) in [4.78, 5) is 0. The van der Waals surface area contributed by atoms with Gasteiger partial charge in [-0.1, -0.05) is 26.2 Å². The van der Waals surface area contributed by atoms with Gasteiger partial charge in [0, 0.05) is 0 Å². The third-order valence-electron chi connectivity index (χ3n) is 2.73. The van der Waals surface area contributed by atoms with Crippen molar-refractivity contribution in [2.75, 3.05) is 5.75 Å². The third-order valence-corrected chi connectivity index (χ3v) is 3.24. The summed E-state index contributed by atoms with van der Waals surface area (Å²) >= 11 is 4.34. The first kappa shape index (κ1) is 8.45. The SMILES string of the molecule is CCC1CCCC(CS)C1. The highest BCUT2D eigenvalue weighted by Gasteiger charge is 2.18. The average molecular weight is 158 g/mol. The van der Waals surface area contributed by atoms with Gasteiger partial charge in [0.25, 0.3) is 0 Å². The molecule has 0 aromatic heterocycles. The molecule has 1 saturated carbocycles. The molecule has 0 aromatic carbocycles. The Morgan fingerprint density at radius 1 is 1.30 bits per heavy atom. The minimum atomic E-state index is 0.932. The molecule has 0 bridgehead atoms. The van der Waals surface area contributed by atoms with E-state index in [2.05, 4.69) is 19.6 Å². The highest BCUT2D eigenvalue weighted by atomic mass is 32.1. The second-order valence-electron chi connectivity index (χ2n) is 3.49. The van der Waals surface area contributed by atoms with Crippen molar-refractivity contribution in [1.82, 2.24) is 0 Å². The van der Waals surface area contributed by atoms with Crippen molar-refractivity contribution in [1.29, 1.82) is 0 Å². The van der Waals surface area contributed by atoms with Crippen molar-refractivity contribution in [3.63, 3.8) is 0 Å². The first-order valence-corrected chi connectivity index (χ1v) is 5.11. The van der Waals surface area contributed by atoms with E-state index in [0.29, 0.717) is 0 Å². The molecule has 2 unspecified atom stereocenters. The van der Waals surface area contributed by atoms with Gasteiger partial charge in [0.05, 0.1) is 0 Å². The van der Waals surface area contributed by atoms with E-state index in [-0.39, 0.29) is 0 Å². The number of hydrogen-bond acceptors (Lipinski definition) is 1. The summed E-state index contributed by atoms with van der Waals surface area (Å²) in [5, 5.41) is 0. The van der Waals surface area contributed by atoms with Gasteiger partial charge in [-0.2, -0.15) is 12.6 Å². The first-order chi connectivity index (χ1) is 4.86. The molecule has 1 fully saturated rings. The fourth-order valence-corrected chi connectivity index (χ4v) is 2.27. The van der Waals surface area contributed by atoms with Gasteiger partial charge in [-0.3, -0.25) is 0 Å². The molecule has 1 aliphatic rings. The second-order valence-corrected chi connectivity index (χ2v) is 3.85. The predicted molar refractivity (Wildman–Crippen MR) is 49.6 cm³/mol. The van der Waals surface area contributed by atoms with Gasteiger partial charge < -0.3 is 0 Å². The van der Waals surface area contributed by atoms with E-state index in [9.17, 15) is 0 Å². The summed E-state index contributed by atoms with van der Waals surface area (Å²) in [6.45, 7) is 2.31. The molecule has 0 spiro atoms. The van der Waals surface area contributed by atoms with Crippen LogP contribution in [0.2, 0.25) is 0 Å². The number of thiol groups is 1. The average Bonchev–Trinajstić information content (AvgIpc) is 2.05. The summed E-state index contributed by atoms with van der Waals surface area (Å²) in [6.07, 6.45) is 7.18. The van der Waals surface area contributed by atoms with Crippen molar-refractivity contribution in [2.24, 2.45) is 11.8 Å². The van der Waals surface area contributed by atoms with Crippen LogP contribution in [0, 0.1) is 11.8 Å². The van der Waals surface area contributed by atoms with Crippen molar-refractivity contribution < 1.29 is 0 Å². The lowest BCUT2D eigenvalue weighted by Gasteiger charge is -2.26. The molecule has 0 nitrogen and oxygen atoms in total. The van der Waals surface area contributed by atoms with Gasteiger partial charge in [0.1, 0.15) is 0 Å². The fourth-order valence-electron chi connectivity index (χ4n) is 1.94. The zero-order valence-electron chi connectivity index (χ0n) is 6.84. The van der Waals surface area contributed by atoms with E-state index in [1.165, 1.54) is 32.1 Å². The Morgan fingerprint density at radius 2 is 2.00 bits per heavy atom. The maximum atomic E-state index is 4.34. The Kier molecular flexibility index (Phi) is 3.61. The minimum Gasteiger partial charge on any atom is -0.179 e. The van der Waals surface area contributed by atoms with Crippen LogP contribution in [0.5, 0.6) is 0 Å². The molecule has 1 heteroatoms. The lowest BCUT2D eigenvalue weighted by atomic mass is 9.81. The summed E-state index contributed by atoms with van der Waals surface area (Å²) < 4.78 is 0. The molecule has 0 saturated heterocycles. The van der Waals surface area contributed by atoms with Crippen LogP contribution in [0.15, 0.2) is 0 Å². The van der Waals surface area contributed by atoms with Crippen molar-refractivity contribution in [2.45, 2.75) is 39.0 Å². The first-order valence-electron chi connectivity index (χ1n) is 4.47. The third kappa shape index (κ3) is 2.19. The van der Waals surface area contributed by atoms with Crippen LogP contribution in [-0.2, 0) is 0 Å². The van der Waals surface area contributed by atoms with Crippen molar-refractivity contribution >= 4 is 12.6 Å². The molecule has 60 valence electrons. The molecule has 1 rings (SSSR count). The van der Waals surface area contributed by atoms with Crippen LogP contribution < -0.4 is 0 Å². The molecular formula is C9H18S. The molecule has 10 heavy (non-hydrogen) atoms. The van der Waals surface area contributed by atoms with Crippen molar-refractivity contribution in [3.05, 3.63) is 0 Å². The molecule has 0 N–H and O–H groups in total. The van der Waals surface area contributed by atoms with E-state index in [1.54, 1.807) is 0 Å². The Morgan fingerprint density at radius 3 is 2.60 bits per heavy atom. The zero-order valence-corrected chi connectivity index (χ0v) is 7.74. The Hall–Kier alpha value is 0.350. The fraction of sp³-hybridized carbons (Fsp3) is 1.00. The standard InChI is InChI=1S/C9H18S/c1-2-8-4-3-5-9(6-8)7-10/h8-10H,2-7H2,1H3. The van der Waals surface area contributed by atoms with E-state index in [0.717, 1.165) is 17.6 Å². The highest BCUT2D eigenvalue weighted by molar-refractivity contribution is 7.80. The van der Waals surface area contributed by atoms with Crippen LogP contribution in [0.4, 0.5) is 0 Å². The Balaban J connectivity index is 2.25. The zero-order chi connectivity index (χ0) is 7.40. The van der Waals surface area contributed by atoms with E-state index >= 15 is 0 Å². The molecule has 1 aliphatic carbocycles. The molecule has 2 atom stereocenters. The molecule has 0 amide bonds. The van der Waals surface area contributed by atoms with Crippen LogP contribution in [0.25, 0.3) is 0 Å². The van der Waals surface area contributed by atoms with Crippen LogP contribution in [0.3, 0.4) is 0 Å². The molecule has 0 radical (unpaired) electrons. The normalized spacial score (nSPS) is 34.2. The monoisotopic (exact) mass is 158 g/mol. The number of rotatable bonds is 2. The molecular weight excluding hydrogens is 140 g/mol. The molecule has 0 aromatic rings. The summed E-state index contributed by atoms with van der Waals surface area (Å²) in [5.41, 5.74) is 0. The van der Waals surface area contributed by atoms with E-state index in [4.69, 9.17) is 0 Å². The minimum absolute atomic E-state index is 0.932.